The fraction of sp³-hybridized carbons (Fsp3) is 0.900. The van der Waals surface area contributed by atoms with Crippen molar-refractivity contribution in [2.75, 3.05) is 26.8 Å². The number of carbonyl (C=O) groups excluding carboxylic acids is 1. The van der Waals surface area contributed by atoms with E-state index in [0.29, 0.717) is 25.6 Å². The molecule has 0 heterocycles. The highest BCUT2D eigenvalue weighted by molar-refractivity contribution is 5.85. The minimum absolute atomic E-state index is 0. The van der Waals surface area contributed by atoms with Gasteiger partial charge in [0.25, 0.3) is 0 Å². The first-order valence-electron chi connectivity index (χ1n) is 5.22. The van der Waals surface area contributed by atoms with Crippen LogP contribution in [0.3, 0.4) is 0 Å². The monoisotopic (exact) mass is 238 g/mol. The summed E-state index contributed by atoms with van der Waals surface area (Å²) in [5, 5.41) is 5.91. The zero-order valence-corrected chi connectivity index (χ0v) is 10.7. The van der Waals surface area contributed by atoms with Crippen LogP contribution in [0.2, 0.25) is 0 Å². The van der Waals surface area contributed by atoms with Gasteiger partial charge in [-0.2, -0.15) is 0 Å². The lowest BCUT2D eigenvalue weighted by Crippen LogP contribution is -2.37. The summed E-state index contributed by atoms with van der Waals surface area (Å²) in [6.45, 7) is 6.06. The first-order valence-corrected chi connectivity index (χ1v) is 5.22. The van der Waals surface area contributed by atoms with Gasteiger partial charge < -0.3 is 15.4 Å². The maximum atomic E-state index is 11.2. The molecule has 1 amide bonds. The Balaban J connectivity index is 0. The predicted octanol–water partition coefficient (Wildman–Crippen LogP) is 0.949. The van der Waals surface area contributed by atoms with Crippen molar-refractivity contribution in [1.29, 1.82) is 0 Å². The Morgan fingerprint density at radius 3 is 2.67 bits per heavy atom. The van der Waals surface area contributed by atoms with Crippen molar-refractivity contribution >= 4 is 18.3 Å². The second kappa shape index (κ2) is 11.8. The molecule has 0 saturated carbocycles. The third-order valence-electron chi connectivity index (χ3n) is 1.99. The highest BCUT2D eigenvalue weighted by Crippen LogP contribution is 1.90. The van der Waals surface area contributed by atoms with Gasteiger partial charge in [-0.1, -0.05) is 0 Å². The van der Waals surface area contributed by atoms with Gasteiger partial charge in [-0.25, -0.2) is 0 Å². The van der Waals surface area contributed by atoms with E-state index in [1.54, 1.807) is 0 Å². The number of nitrogens with one attached hydrogen (secondary N) is 2. The second-order valence-corrected chi connectivity index (χ2v) is 3.29. The van der Waals surface area contributed by atoms with Gasteiger partial charge in [0.1, 0.15) is 0 Å². The summed E-state index contributed by atoms with van der Waals surface area (Å²) in [7, 11) is 1.88. The van der Waals surface area contributed by atoms with E-state index in [4.69, 9.17) is 4.74 Å². The molecular weight excluding hydrogens is 216 g/mol. The molecule has 0 aliphatic heterocycles. The summed E-state index contributed by atoms with van der Waals surface area (Å²) < 4.78 is 5.14. The number of hydrogen-bond acceptors (Lipinski definition) is 3. The average Bonchev–Trinajstić information content (AvgIpc) is 2.21. The molecule has 0 saturated heterocycles. The number of halogens is 1. The van der Waals surface area contributed by atoms with E-state index in [0.717, 1.165) is 13.0 Å². The number of rotatable bonds is 8. The standard InChI is InChI=1S/C10H22N2O2.ClH/c1-4-14-7-5-6-10(13)12-8-9(2)11-3;/h9,11H,4-8H2,1-3H3,(H,12,13);1H. The Bertz CT molecular complexity index is 156. The van der Waals surface area contributed by atoms with E-state index >= 15 is 0 Å². The Kier molecular flexibility index (Phi) is 13.4. The number of carbonyl (C=O) groups is 1. The van der Waals surface area contributed by atoms with Crippen molar-refractivity contribution in [2.45, 2.75) is 32.7 Å². The third kappa shape index (κ3) is 11.6. The van der Waals surface area contributed by atoms with Crippen LogP contribution in [-0.2, 0) is 9.53 Å². The van der Waals surface area contributed by atoms with Crippen LogP contribution in [0.15, 0.2) is 0 Å². The van der Waals surface area contributed by atoms with Gasteiger partial charge in [0.2, 0.25) is 5.91 Å². The molecule has 0 fully saturated rings. The Morgan fingerprint density at radius 1 is 1.47 bits per heavy atom. The van der Waals surface area contributed by atoms with Crippen LogP contribution in [0.25, 0.3) is 0 Å². The first-order chi connectivity index (χ1) is 6.70. The molecule has 1 atom stereocenters. The zero-order valence-electron chi connectivity index (χ0n) is 9.84. The minimum Gasteiger partial charge on any atom is -0.382 e. The molecule has 0 radical (unpaired) electrons. The van der Waals surface area contributed by atoms with Crippen molar-refractivity contribution in [2.24, 2.45) is 0 Å². The van der Waals surface area contributed by atoms with Gasteiger partial charge in [0.15, 0.2) is 0 Å². The summed E-state index contributed by atoms with van der Waals surface area (Å²) in [4.78, 5) is 11.2. The second-order valence-electron chi connectivity index (χ2n) is 3.29. The smallest absolute Gasteiger partial charge is 0.220 e. The van der Waals surface area contributed by atoms with Crippen LogP contribution >= 0.6 is 12.4 Å². The minimum atomic E-state index is 0. The number of amides is 1. The van der Waals surface area contributed by atoms with Crippen molar-refractivity contribution in [1.82, 2.24) is 10.6 Å². The van der Waals surface area contributed by atoms with Gasteiger partial charge in [0, 0.05) is 32.2 Å². The van der Waals surface area contributed by atoms with E-state index in [9.17, 15) is 4.79 Å². The molecule has 0 aromatic rings. The molecule has 0 aromatic carbocycles. The van der Waals surface area contributed by atoms with E-state index in [2.05, 4.69) is 10.6 Å². The normalized spacial score (nSPS) is 11.7. The predicted molar refractivity (Wildman–Crippen MR) is 64.5 cm³/mol. The summed E-state index contributed by atoms with van der Waals surface area (Å²) in [6.07, 6.45) is 1.35. The highest BCUT2D eigenvalue weighted by Gasteiger charge is 2.02. The van der Waals surface area contributed by atoms with Crippen LogP contribution < -0.4 is 10.6 Å². The summed E-state index contributed by atoms with van der Waals surface area (Å²) >= 11 is 0. The summed E-state index contributed by atoms with van der Waals surface area (Å²) in [5.74, 6) is 0.104. The Labute approximate surface area is 98.6 Å². The lowest BCUT2D eigenvalue weighted by atomic mass is 10.3. The molecular formula is C10H23ClN2O2. The quantitative estimate of drug-likeness (QED) is 0.619. The highest BCUT2D eigenvalue weighted by atomic mass is 35.5. The molecule has 0 bridgehead atoms. The Hall–Kier alpha value is -0.320. The van der Waals surface area contributed by atoms with Crippen molar-refractivity contribution in [3.8, 4) is 0 Å². The summed E-state index contributed by atoms with van der Waals surface area (Å²) in [5.41, 5.74) is 0. The van der Waals surface area contributed by atoms with Gasteiger partial charge in [-0.15, -0.1) is 12.4 Å². The molecule has 5 heteroatoms. The SMILES string of the molecule is CCOCCCC(=O)NCC(C)NC.Cl. The fourth-order valence-corrected chi connectivity index (χ4v) is 0.937. The molecule has 0 spiro atoms. The molecule has 1 unspecified atom stereocenters. The molecule has 92 valence electrons. The molecule has 0 aliphatic rings. The lowest BCUT2D eigenvalue weighted by Gasteiger charge is -2.11. The Morgan fingerprint density at radius 2 is 2.13 bits per heavy atom. The molecule has 0 aliphatic carbocycles. The molecule has 15 heavy (non-hydrogen) atoms. The van der Waals surface area contributed by atoms with Gasteiger partial charge in [-0.3, -0.25) is 4.79 Å². The number of likely N-dealkylation sites (N-methyl/N-ethyl adjacent to an activating group) is 1. The maximum Gasteiger partial charge on any atom is 0.220 e. The van der Waals surface area contributed by atoms with Crippen LogP contribution in [0.4, 0.5) is 0 Å². The van der Waals surface area contributed by atoms with Crippen LogP contribution in [-0.4, -0.2) is 38.8 Å². The van der Waals surface area contributed by atoms with Crippen molar-refractivity contribution in [3.63, 3.8) is 0 Å². The number of ether oxygens (including phenoxy) is 1. The molecule has 0 rings (SSSR count). The summed E-state index contributed by atoms with van der Waals surface area (Å²) in [6, 6.07) is 0.325. The van der Waals surface area contributed by atoms with Crippen molar-refractivity contribution in [3.05, 3.63) is 0 Å². The largest absolute Gasteiger partial charge is 0.382 e. The average molecular weight is 239 g/mol. The van der Waals surface area contributed by atoms with E-state index < -0.39 is 0 Å². The van der Waals surface area contributed by atoms with Gasteiger partial charge in [0.05, 0.1) is 0 Å². The topological polar surface area (TPSA) is 50.4 Å². The van der Waals surface area contributed by atoms with E-state index in [-0.39, 0.29) is 18.3 Å². The van der Waals surface area contributed by atoms with Crippen LogP contribution in [0, 0.1) is 0 Å². The first kappa shape index (κ1) is 17.1. The lowest BCUT2D eigenvalue weighted by molar-refractivity contribution is -0.121. The zero-order chi connectivity index (χ0) is 10.8. The van der Waals surface area contributed by atoms with E-state index in [1.165, 1.54) is 0 Å². The van der Waals surface area contributed by atoms with Gasteiger partial charge in [-0.05, 0) is 27.3 Å². The van der Waals surface area contributed by atoms with Gasteiger partial charge >= 0.3 is 0 Å². The van der Waals surface area contributed by atoms with Crippen LogP contribution in [0.5, 0.6) is 0 Å². The fourth-order valence-electron chi connectivity index (χ4n) is 0.937. The number of hydrogen-bond donors (Lipinski definition) is 2. The molecule has 2 N–H and O–H groups in total. The van der Waals surface area contributed by atoms with Crippen LogP contribution in [0.1, 0.15) is 26.7 Å². The molecule has 0 aromatic heterocycles. The van der Waals surface area contributed by atoms with E-state index in [1.807, 2.05) is 20.9 Å². The maximum absolute atomic E-state index is 11.2. The molecule has 4 nitrogen and oxygen atoms in total. The van der Waals surface area contributed by atoms with Crippen molar-refractivity contribution < 1.29 is 9.53 Å². The third-order valence-corrected chi connectivity index (χ3v) is 1.99.